The SMILES string of the molecule is NN(O[Cl+3]([O-])([O-])[O-])c1ccc([N+](=O)[O-])cc1[N+](=O)[O-]. The molecule has 0 aromatic heterocycles. The molecule has 0 unspecified atom stereocenters. The van der Waals surface area contributed by atoms with Crippen molar-refractivity contribution in [2.75, 3.05) is 5.17 Å². The van der Waals surface area contributed by atoms with E-state index >= 15 is 0 Å². The Morgan fingerprint density at radius 3 is 2.16 bits per heavy atom. The van der Waals surface area contributed by atoms with E-state index in [1.54, 1.807) is 0 Å². The highest BCUT2D eigenvalue weighted by Gasteiger charge is 2.31. The fourth-order valence-corrected chi connectivity index (χ4v) is 1.34. The third-order valence-electron chi connectivity index (χ3n) is 1.76. The van der Waals surface area contributed by atoms with E-state index in [0.29, 0.717) is 6.07 Å². The molecule has 0 bridgehead atoms. The fraction of sp³-hybridized carbons (Fsp3) is 0. The second kappa shape index (κ2) is 5.27. The lowest BCUT2D eigenvalue weighted by Crippen LogP contribution is -2.64. The average molecular weight is 297 g/mol. The van der Waals surface area contributed by atoms with Crippen molar-refractivity contribution in [3.8, 4) is 0 Å². The molecule has 104 valence electrons. The summed E-state index contributed by atoms with van der Waals surface area (Å²) in [5, 5.41) is 21.0. The summed E-state index contributed by atoms with van der Waals surface area (Å²) in [6.45, 7) is 0. The number of hydrazine groups is 1. The summed E-state index contributed by atoms with van der Waals surface area (Å²) in [7, 11) is -4.97. The Balaban J connectivity index is 3.20. The molecule has 1 aromatic rings. The van der Waals surface area contributed by atoms with E-state index in [2.05, 4.69) is 4.39 Å². The first-order chi connectivity index (χ1) is 8.61. The number of rotatable bonds is 5. The highest BCUT2D eigenvalue weighted by molar-refractivity contribution is 5.64. The van der Waals surface area contributed by atoms with Crippen LogP contribution >= 0.6 is 0 Å². The number of hydrogen-bond donors (Lipinski definition) is 1. The molecule has 13 heteroatoms. The van der Waals surface area contributed by atoms with Crippen LogP contribution in [0.2, 0.25) is 0 Å². The van der Waals surface area contributed by atoms with E-state index in [9.17, 15) is 34.2 Å². The second-order valence-corrected chi connectivity index (χ2v) is 3.85. The molecule has 1 aromatic carbocycles. The van der Waals surface area contributed by atoms with Gasteiger partial charge >= 0.3 is 5.69 Å². The number of anilines is 1. The molecule has 0 fully saturated rings. The lowest BCUT2D eigenvalue weighted by Gasteiger charge is -2.16. The third kappa shape index (κ3) is 3.95. The molecule has 0 spiro atoms. The summed E-state index contributed by atoms with van der Waals surface area (Å²) in [4.78, 5) is 19.2. The molecule has 0 heterocycles. The van der Waals surface area contributed by atoms with Crippen LogP contribution in [0.1, 0.15) is 0 Å². The smallest absolute Gasteiger partial charge is 0.258 e. The number of hydrogen-bond acceptors (Lipinski definition) is 10. The first-order valence-corrected chi connectivity index (χ1v) is 5.43. The minimum Gasteiger partial charge on any atom is -0.258 e. The van der Waals surface area contributed by atoms with Crippen LogP contribution in [0.15, 0.2) is 18.2 Å². The summed E-state index contributed by atoms with van der Waals surface area (Å²) in [6, 6.07) is 2.11. The summed E-state index contributed by atoms with van der Waals surface area (Å²) >= 11 is 0. The molecule has 0 aliphatic rings. The maximum absolute atomic E-state index is 10.7. The van der Waals surface area contributed by atoms with Crippen molar-refractivity contribution in [1.82, 2.24) is 0 Å². The second-order valence-electron chi connectivity index (χ2n) is 2.96. The van der Waals surface area contributed by atoms with Gasteiger partial charge < -0.3 is 0 Å². The minimum atomic E-state index is -4.97. The van der Waals surface area contributed by atoms with Crippen LogP contribution in [-0.2, 0) is 4.39 Å². The summed E-state index contributed by atoms with van der Waals surface area (Å²) in [5.74, 6) is 5.00. The van der Waals surface area contributed by atoms with Gasteiger partial charge in [0, 0.05) is 6.07 Å². The number of nitrogens with zero attached hydrogens (tertiary/aromatic N) is 3. The van der Waals surface area contributed by atoms with E-state index in [0.717, 1.165) is 12.1 Å². The van der Waals surface area contributed by atoms with Gasteiger partial charge in [-0.2, -0.15) is 14.0 Å². The van der Waals surface area contributed by atoms with Gasteiger partial charge in [-0.3, -0.25) is 20.2 Å². The van der Waals surface area contributed by atoms with Crippen molar-refractivity contribution in [3.63, 3.8) is 0 Å². The minimum absolute atomic E-state index is 0.175. The van der Waals surface area contributed by atoms with Crippen LogP contribution in [0.4, 0.5) is 17.1 Å². The van der Waals surface area contributed by atoms with Gasteiger partial charge in [-0.25, -0.2) is 5.84 Å². The maximum atomic E-state index is 10.7. The Bertz CT molecular complexity index is 516. The monoisotopic (exact) mass is 296 g/mol. The van der Waals surface area contributed by atoms with Gasteiger partial charge in [-0.05, 0) is 11.2 Å². The molecular weight excluding hydrogens is 292 g/mol. The van der Waals surface area contributed by atoms with Gasteiger partial charge in [0.15, 0.2) is 5.69 Å². The van der Waals surface area contributed by atoms with Gasteiger partial charge in [0.05, 0.1) is 15.9 Å². The highest BCUT2D eigenvalue weighted by Crippen LogP contribution is 2.31. The number of nitrogens with two attached hydrogens (primary N) is 1. The van der Waals surface area contributed by atoms with Gasteiger partial charge in [0.1, 0.15) is 10.2 Å². The zero-order chi connectivity index (χ0) is 14.8. The van der Waals surface area contributed by atoms with Gasteiger partial charge in [0.2, 0.25) is 4.39 Å². The number of halogens is 1. The molecule has 0 amide bonds. The number of non-ortho nitro benzene ring substituents is 1. The first-order valence-electron chi connectivity index (χ1n) is 4.20. The number of nitro benzene ring substituents is 2. The van der Waals surface area contributed by atoms with Gasteiger partial charge in [-0.1, -0.05) is 0 Å². The predicted octanol–water partition coefficient (Wildman–Crippen LogP) is -2.99. The molecular formula is C6H5ClN4O8. The Labute approximate surface area is 106 Å². The molecule has 12 nitrogen and oxygen atoms in total. The molecule has 0 saturated carbocycles. The van der Waals surface area contributed by atoms with Gasteiger partial charge in [0.25, 0.3) is 5.69 Å². The quantitative estimate of drug-likeness (QED) is 0.332. The first kappa shape index (κ1) is 15.0. The summed E-state index contributed by atoms with van der Waals surface area (Å²) < 4.78 is 34.4. The lowest BCUT2D eigenvalue weighted by molar-refractivity contribution is -1.92. The van der Waals surface area contributed by atoms with E-state index in [4.69, 9.17) is 5.84 Å². The van der Waals surface area contributed by atoms with Crippen LogP contribution in [0.25, 0.3) is 0 Å². The van der Waals surface area contributed by atoms with Crippen LogP contribution in [0, 0.1) is 30.5 Å². The molecule has 1 rings (SSSR count). The van der Waals surface area contributed by atoms with Crippen molar-refractivity contribution in [2.45, 2.75) is 0 Å². The van der Waals surface area contributed by atoms with E-state index in [-0.39, 0.29) is 5.17 Å². The van der Waals surface area contributed by atoms with Gasteiger partial charge in [-0.15, -0.1) is 0 Å². The molecule has 0 saturated heterocycles. The topological polar surface area (TPSA) is 194 Å². The molecule has 0 aliphatic heterocycles. The van der Waals surface area contributed by atoms with Crippen LogP contribution in [0.5, 0.6) is 0 Å². The standard InChI is InChI=1S/C6H5ClN4O8/c8-9(19-7(12,13)14)5-2-1-4(10(15)16)3-6(5)11(17)18/h1-3H,8H2. The highest BCUT2D eigenvalue weighted by atomic mass is 35.7. The Morgan fingerprint density at radius 1 is 1.16 bits per heavy atom. The largest absolute Gasteiger partial charge is 0.304 e. The molecule has 19 heavy (non-hydrogen) atoms. The molecule has 0 aliphatic carbocycles. The zero-order valence-electron chi connectivity index (χ0n) is 8.79. The Morgan fingerprint density at radius 2 is 1.74 bits per heavy atom. The predicted molar refractivity (Wildman–Crippen MR) is 47.5 cm³/mol. The van der Waals surface area contributed by atoms with Crippen molar-refractivity contribution in [1.29, 1.82) is 0 Å². The van der Waals surface area contributed by atoms with E-state index < -0.39 is 37.2 Å². The van der Waals surface area contributed by atoms with Crippen molar-refractivity contribution in [2.24, 2.45) is 5.84 Å². The Hall–Kier alpha value is -2.09. The average Bonchev–Trinajstić information content (AvgIpc) is 2.25. The lowest BCUT2D eigenvalue weighted by atomic mass is 10.2. The maximum Gasteiger partial charge on any atom is 0.304 e. The van der Waals surface area contributed by atoms with E-state index in [1.165, 1.54) is 0 Å². The molecule has 0 atom stereocenters. The van der Waals surface area contributed by atoms with E-state index in [1.807, 2.05) is 0 Å². The summed E-state index contributed by atoms with van der Waals surface area (Å²) in [6.07, 6.45) is 0. The van der Waals surface area contributed by atoms with Crippen LogP contribution in [0.3, 0.4) is 0 Å². The van der Waals surface area contributed by atoms with Crippen molar-refractivity contribution < 1.29 is 38.5 Å². The Kier molecular flexibility index (Phi) is 4.15. The summed E-state index contributed by atoms with van der Waals surface area (Å²) in [5.41, 5.74) is -2.18. The molecule has 2 N–H and O–H groups in total. The molecule has 0 radical (unpaired) electrons. The van der Waals surface area contributed by atoms with Crippen molar-refractivity contribution in [3.05, 3.63) is 38.4 Å². The zero-order valence-corrected chi connectivity index (χ0v) is 9.55. The number of nitro groups is 2. The third-order valence-corrected chi connectivity index (χ3v) is 2.08. The normalized spacial score (nSPS) is 11.2. The van der Waals surface area contributed by atoms with Crippen LogP contribution < -0.4 is 25.0 Å². The fourth-order valence-electron chi connectivity index (χ4n) is 1.09. The van der Waals surface area contributed by atoms with Crippen molar-refractivity contribution >= 4 is 17.1 Å². The number of benzene rings is 1. The van der Waals surface area contributed by atoms with Crippen LogP contribution in [-0.4, -0.2) is 9.85 Å².